The van der Waals surface area contributed by atoms with Gasteiger partial charge in [0.2, 0.25) is 0 Å². The second-order valence-corrected chi connectivity index (χ2v) is 7.37. The topological polar surface area (TPSA) is 99.3 Å². The molecule has 3 aromatic rings. The predicted octanol–water partition coefficient (Wildman–Crippen LogP) is 5.61. The van der Waals surface area contributed by atoms with Gasteiger partial charge < -0.3 is 21.3 Å². The summed E-state index contributed by atoms with van der Waals surface area (Å²) in [5.41, 5.74) is 0.230. The number of anilines is 3. The first-order chi connectivity index (χ1) is 16.1. The van der Waals surface area contributed by atoms with Crippen molar-refractivity contribution in [2.45, 2.75) is 6.18 Å². The monoisotopic (exact) mass is 490 g/mol. The van der Waals surface area contributed by atoms with Crippen LogP contribution in [0.15, 0.2) is 66.7 Å². The molecular formula is C23H18ClF3N4O3. The van der Waals surface area contributed by atoms with E-state index in [0.717, 1.165) is 12.1 Å². The number of carbonyl (C=O) groups excluding carboxylic acids is 3. The lowest BCUT2D eigenvalue weighted by atomic mass is 10.1. The summed E-state index contributed by atoms with van der Waals surface area (Å²) in [7, 11) is 1.49. The van der Waals surface area contributed by atoms with Gasteiger partial charge in [0.1, 0.15) is 0 Å². The fourth-order valence-corrected chi connectivity index (χ4v) is 3.12. The van der Waals surface area contributed by atoms with Crippen LogP contribution in [0.25, 0.3) is 0 Å². The van der Waals surface area contributed by atoms with Crippen LogP contribution in [-0.2, 0) is 6.18 Å². The number of alkyl halides is 3. The average Bonchev–Trinajstić information content (AvgIpc) is 2.80. The molecule has 34 heavy (non-hydrogen) atoms. The van der Waals surface area contributed by atoms with Crippen molar-refractivity contribution in [1.29, 1.82) is 0 Å². The second kappa shape index (κ2) is 10.3. The highest BCUT2D eigenvalue weighted by Gasteiger charge is 2.33. The van der Waals surface area contributed by atoms with Gasteiger partial charge >= 0.3 is 12.2 Å². The Balaban J connectivity index is 1.61. The lowest BCUT2D eigenvalue weighted by Gasteiger charge is -2.12. The highest BCUT2D eigenvalue weighted by molar-refractivity contribution is 6.31. The minimum atomic E-state index is -4.66. The molecule has 0 unspecified atom stereocenters. The third kappa shape index (κ3) is 6.26. The van der Waals surface area contributed by atoms with Gasteiger partial charge in [0, 0.05) is 35.2 Å². The summed E-state index contributed by atoms with van der Waals surface area (Å²) in [4.78, 5) is 36.3. The first kappa shape index (κ1) is 24.6. The third-order valence-electron chi connectivity index (χ3n) is 4.54. The van der Waals surface area contributed by atoms with Crippen molar-refractivity contribution in [3.63, 3.8) is 0 Å². The summed E-state index contributed by atoms with van der Waals surface area (Å²) in [5, 5.41) is 9.46. The number of nitrogens with one attached hydrogen (secondary N) is 4. The standard InChI is InChI=1S/C23H18ClF3N4O3/c1-28-20(32)13-3-2-4-14(11-13)21(33)29-15-5-7-16(8-6-15)30-22(34)31-17-9-10-19(24)18(12-17)23(25,26)27/h2-12H,1H3,(H,28,32)(H,29,33)(H2,30,31,34). The Labute approximate surface area is 197 Å². The molecule has 0 atom stereocenters. The molecule has 4 amide bonds. The summed E-state index contributed by atoms with van der Waals surface area (Å²) < 4.78 is 38.9. The molecule has 7 nitrogen and oxygen atoms in total. The largest absolute Gasteiger partial charge is 0.417 e. The van der Waals surface area contributed by atoms with Gasteiger partial charge in [-0.3, -0.25) is 9.59 Å². The van der Waals surface area contributed by atoms with Crippen molar-refractivity contribution >= 4 is 46.5 Å². The van der Waals surface area contributed by atoms with Gasteiger partial charge in [0.25, 0.3) is 11.8 Å². The maximum atomic E-state index is 13.0. The molecule has 176 valence electrons. The van der Waals surface area contributed by atoms with E-state index in [0.29, 0.717) is 16.9 Å². The molecule has 0 radical (unpaired) electrons. The van der Waals surface area contributed by atoms with Crippen LogP contribution < -0.4 is 21.3 Å². The van der Waals surface area contributed by atoms with E-state index in [1.165, 1.54) is 43.4 Å². The van der Waals surface area contributed by atoms with Crippen LogP contribution in [0.3, 0.4) is 0 Å². The maximum Gasteiger partial charge on any atom is 0.417 e. The van der Waals surface area contributed by atoms with Crippen molar-refractivity contribution < 1.29 is 27.6 Å². The summed E-state index contributed by atoms with van der Waals surface area (Å²) in [6.45, 7) is 0. The van der Waals surface area contributed by atoms with Gasteiger partial charge in [-0.2, -0.15) is 13.2 Å². The molecule has 0 aromatic heterocycles. The molecule has 0 bridgehead atoms. The number of hydrogen-bond acceptors (Lipinski definition) is 3. The molecule has 11 heteroatoms. The van der Waals surface area contributed by atoms with Gasteiger partial charge in [0.05, 0.1) is 10.6 Å². The van der Waals surface area contributed by atoms with Crippen molar-refractivity contribution in [1.82, 2.24) is 5.32 Å². The van der Waals surface area contributed by atoms with Gasteiger partial charge in [-0.1, -0.05) is 17.7 Å². The van der Waals surface area contributed by atoms with Crippen LogP contribution in [-0.4, -0.2) is 24.9 Å². The number of amides is 4. The van der Waals surface area contributed by atoms with E-state index < -0.39 is 28.7 Å². The minimum absolute atomic E-state index is 0.0860. The van der Waals surface area contributed by atoms with Crippen molar-refractivity contribution in [3.05, 3.63) is 88.4 Å². The number of halogens is 4. The maximum absolute atomic E-state index is 13.0. The van der Waals surface area contributed by atoms with Crippen LogP contribution in [0.1, 0.15) is 26.3 Å². The first-order valence-corrected chi connectivity index (χ1v) is 10.1. The molecule has 0 aliphatic heterocycles. The van der Waals surface area contributed by atoms with E-state index in [9.17, 15) is 27.6 Å². The Bertz CT molecular complexity index is 1230. The molecule has 3 rings (SSSR count). The zero-order valence-corrected chi connectivity index (χ0v) is 18.3. The molecule has 0 aliphatic carbocycles. The lowest BCUT2D eigenvalue weighted by Crippen LogP contribution is -2.20. The summed E-state index contributed by atoms with van der Waals surface area (Å²) in [5.74, 6) is -0.760. The number of rotatable bonds is 5. The van der Waals surface area contributed by atoms with Crippen molar-refractivity contribution in [2.24, 2.45) is 0 Å². The van der Waals surface area contributed by atoms with Crippen molar-refractivity contribution in [3.8, 4) is 0 Å². The number of carbonyl (C=O) groups is 3. The summed E-state index contributed by atoms with van der Waals surface area (Å²) in [6.07, 6.45) is -4.66. The molecule has 4 N–H and O–H groups in total. The molecular weight excluding hydrogens is 473 g/mol. The van der Waals surface area contributed by atoms with E-state index in [2.05, 4.69) is 21.3 Å². The SMILES string of the molecule is CNC(=O)c1cccc(C(=O)Nc2ccc(NC(=O)Nc3ccc(Cl)c(C(F)(F)F)c3)cc2)c1. The molecule has 0 aliphatic rings. The Morgan fingerprint density at radius 1 is 0.735 bits per heavy atom. The van der Waals surface area contributed by atoms with Crippen LogP contribution >= 0.6 is 11.6 Å². The molecule has 0 saturated heterocycles. The third-order valence-corrected chi connectivity index (χ3v) is 4.87. The number of urea groups is 1. The van der Waals surface area contributed by atoms with E-state index >= 15 is 0 Å². The fourth-order valence-electron chi connectivity index (χ4n) is 2.90. The average molecular weight is 491 g/mol. The van der Waals surface area contributed by atoms with Crippen LogP contribution in [0, 0.1) is 0 Å². The number of hydrogen-bond donors (Lipinski definition) is 4. The Morgan fingerprint density at radius 3 is 1.85 bits per heavy atom. The molecule has 0 spiro atoms. The Morgan fingerprint density at radius 2 is 1.26 bits per heavy atom. The van der Waals surface area contributed by atoms with E-state index in [-0.39, 0.29) is 17.2 Å². The zero-order valence-electron chi connectivity index (χ0n) is 17.6. The first-order valence-electron chi connectivity index (χ1n) is 9.75. The quantitative estimate of drug-likeness (QED) is 0.374. The normalized spacial score (nSPS) is 10.9. The number of benzene rings is 3. The molecule has 3 aromatic carbocycles. The van der Waals surface area contributed by atoms with Crippen LogP contribution in [0.5, 0.6) is 0 Å². The van der Waals surface area contributed by atoms with E-state index in [1.807, 2.05) is 0 Å². The Hall–Kier alpha value is -4.05. The second-order valence-electron chi connectivity index (χ2n) is 6.96. The highest BCUT2D eigenvalue weighted by Crippen LogP contribution is 2.36. The predicted molar refractivity (Wildman–Crippen MR) is 123 cm³/mol. The summed E-state index contributed by atoms with van der Waals surface area (Å²) >= 11 is 5.57. The minimum Gasteiger partial charge on any atom is -0.355 e. The summed E-state index contributed by atoms with van der Waals surface area (Å²) in [6, 6.07) is 14.5. The van der Waals surface area contributed by atoms with Crippen LogP contribution in [0.2, 0.25) is 5.02 Å². The molecule has 0 heterocycles. The van der Waals surface area contributed by atoms with Gasteiger partial charge in [0.15, 0.2) is 0 Å². The van der Waals surface area contributed by atoms with E-state index in [1.54, 1.807) is 18.2 Å². The van der Waals surface area contributed by atoms with Crippen molar-refractivity contribution in [2.75, 3.05) is 23.0 Å². The zero-order chi connectivity index (χ0) is 24.9. The van der Waals surface area contributed by atoms with Crippen LogP contribution in [0.4, 0.5) is 35.0 Å². The van der Waals surface area contributed by atoms with Gasteiger partial charge in [-0.25, -0.2) is 4.79 Å². The van der Waals surface area contributed by atoms with E-state index in [4.69, 9.17) is 11.6 Å². The highest BCUT2D eigenvalue weighted by atomic mass is 35.5. The fraction of sp³-hybridized carbons (Fsp3) is 0.0870. The molecule has 0 saturated carbocycles. The molecule has 0 fully saturated rings. The lowest BCUT2D eigenvalue weighted by molar-refractivity contribution is -0.137. The van der Waals surface area contributed by atoms with Gasteiger partial charge in [-0.05, 0) is 60.7 Å². The van der Waals surface area contributed by atoms with Gasteiger partial charge in [-0.15, -0.1) is 0 Å². The smallest absolute Gasteiger partial charge is 0.355 e. The Kier molecular flexibility index (Phi) is 7.42.